The van der Waals surface area contributed by atoms with Gasteiger partial charge in [-0.05, 0) is 61.0 Å². The smallest absolute Gasteiger partial charge is 0.255 e. The first kappa shape index (κ1) is 21.1. The molecule has 3 rings (SSSR count). The van der Waals surface area contributed by atoms with Crippen molar-refractivity contribution in [1.29, 1.82) is 0 Å². The molecule has 0 aromatic heterocycles. The minimum Gasteiger partial charge on any atom is -0.494 e. The van der Waals surface area contributed by atoms with Gasteiger partial charge < -0.3 is 15.4 Å². The molecule has 0 atom stereocenters. The molecule has 2 N–H and O–H groups in total. The normalized spacial score (nSPS) is 10.6. The van der Waals surface area contributed by atoms with Crippen LogP contribution in [0.1, 0.15) is 22.8 Å². The number of benzene rings is 3. The van der Waals surface area contributed by atoms with Crippen molar-refractivity contribution in [2.24, 2.45) is 0 Å². The number of carbonyl (C=O) groups is 2. The standard InChI is InChI=1S/C24H21ClN2O3/c1-2-30-20-12-8-17(9-13-20)10-15-23(28)26-19-11-14-22(21(25)16-19)27-24(29)18-6-4-3-5-7-18/h3-16H,2H2,1H3,(H,26,28)(H,27,29)/b15-10+. The van der Waals surface area contributed by atoms with E-state index in [1.807, 2.05) is 37.3 Å². The van der Waals surface area contributed by atoms with Crippen LogP contribution in [-0.2, 0) is 4.79 Å². The minimum atomic E-state index is -0.291. The van der Waals surface area contributed by atoms with Crippen LogP contribution in [0.5, 0.6) is 5.75 Å². The molecule has 0 spiro atoms. The van der Waals surface area contributed by atoms with Crippen molar-refractivity contribution in [1.82, 2.24) is 0 Å². The fourth-order valence-electron chi connectivity index (χ4n) is 2.68. The lowest BCUT2D eigenvalue weighted by atomic mass is 10.2. The van der Waals surface area contributed by atoms with Gasteiger partial charge in [-0.3, -0.25) is 9.59 Å². The van der Waals surface area contributed by atoms with Crippen molar-refractivity contribution >= 4 is 40.9 Å². The Bertz CT molecular complexity index is 1050. The van der Waals surface area contributed by atoms with Gasteiger partial charge >= 0.3 is 0 Å². The third kappa shape index (κ3) is 5.96. The van der Waals surface area contributed by atoms with Gasteiger partial charge in [0.15, 0.2) is 0 Å². The monoisotopic (exact) mass is 420 g/mol. The van der Waals surface area contributed by atoms with Crippen LogP contribution >= 0.6 is 11.6 Å². The van der Waals surface area contributed by atoms with Crippen LogP contribution < -0.4 is 15.4 Å². The molecule has 0 saturated carbocycles. The van der Waals surface area contributed by atoms with Crippen molar-refractivity contribution in [2.75, 3.05) is 17.2 Å². The van der Waals surface area contributed by atoms with Gasteiger partial charge in [-0.15, -0.1) is 0 Å². The van der Waals surface area contributed by atoms with Gasteiger partial charge in [0.1, 0.15) is 5.75 Å². The highest BCUT2D eigenvalue weighted by Crippen LogP contribution is 2.26. The number of hydrogen-bond acceptors (Lipinski definition) is 3. The van der Waals surface area contributed by atoms with Crippen LogP contribution in [0.2, 0.25) is 5.02 Å². The second kappa shape index (κ2) is 10.3. The number of amides is 2. The average molecular weight is 421 g/mol. The Morgan fingerprint density at radius 1 is 0.967 bits per heavy atom. The summed E-state index contributed by atoms with van der Waals surface area (Å²) in [7, 11) is 0. The van der Waals surface area contributed by atoms with Gasteiger partial charge in [-0.1, -0.05) is 41.9 Å². The Labute approximate surface area is 180 Å². The van der Waals surface area contributed by atoms with E-state index >= 15 is 0 Å². The SMILES string of the molecule is CCOc1ccc(/C=C/C(=O)Nc2ccc(NC(=O)c3ccccc3)c(Cl)c2)cc1. The predicted molar refractivity (Wildman–Crippen MR) is 121 cm³/mol. The molecule has 152 valence electrons. The molecular weight excluding hydrogens is 400 g/mol. The third-order valence-corrected chi connectivity index (χ3v) is 4.45. The third-order valence-electron chi connectivity index (χ3n) is 4.14. The zero-order valence-corrected chi connectivity index (χ0v) is 17.1. The summed E-state index contributed by atoms with van der Waals surface area (Å²) in [6.45, 7) is 2.53. The van der Waals surface area contributed by atoms with E-state index in [-0.39, 0.29) is 11.8 Å². The van der Waals surface area contributed by atoms with Gasteiger partial charge in [0.05, 0.1) is 17.3 Å². The Kier molecular flexibility index (Phi) is 7.24. The summed E-state index contributed by atoms with van der Waals surface area (Å²) in [5.74, 6) is 0.238. The Hall–Kier alpha value is -3.57. The molecule has 0 saturated heterocycles. The van der Waals surface area contributed by atoms with Crippen molar-refractivity contribution in [3.63, 3.8) is 0 Å². The molecule has 0 aliphatic carbocycles. The van der Waals surface area contributed by atoms with Crippen molar-refractivity contribution < 1.29 is 14.3 Å². The summed E-state index contributed by atoms with van der Waals surface area (Å²) in [5, 5.41) is 5.84. The molecule has 0 aliphatic rings. The molecule has 0 bridgehead atoms. The summed E-state index contributed by atoms with van der Waals surface area (Å²) >= 11 is 6.26. The molecule has 5 nitrogen and oxygen atoms in total. The number of carbonyl (C=O) groups excluding carboxylic acids is 2. The van der Waals surface area contributed by atoms with Crippen molar-refractivity contribution in [3.8, 4) is 5.75 Å². The van der Waals surface area contributed by atoms with Gasteiger partial charge in [0, 0.05) is 17.3 Å². The van der Waals surface area contributed by atoms with Gasteiger partial charge in [-0.25, -0.2) is 0 Å². The molecule has 2 amide bonds. The molecule has 30 heavy (non-hydrogen) atoms. The quantitative estimate of drug-likeness (QED) is 0.486. The van der Waals surface area contributed by atoms with Crippen LogP contribution in [-0.4, -0.2) is 18.4 Å². The highest BCUT2D eigenvalue weighted by atomic mass is 35.5. The molecule has 6 heteroatoms. The summed E-state index contributed by atoms with van der Waals surface area (Å²) < 4.78 is 5.39. The molecule has 3 aromatic carbocycles. The Balaban J connectivity index is 1.59. The fourth-order valence-corrected chi connectivity index (χ4v) is 2.90. The largest absolute Gasteiger partial charge is 0.494 e. The number of anilines is 2. The topological polar surface area (TPSA) is 67.4 Å². The molecular formula is C24H21ClN2O3. The van der Waals surface area contributed by atoms with E-state index in [1.165, 1.54) is 6.08 Å². The van der Waals surface area contributed by atoms with Crippen molar-refractivity contribution in [2.45, 2.75) is 6.92 Å². The maximum atomic E-state index is 12.2. The lowest BCUT2D eigenvalue weighted by Gasteiger charge is -2.09. The van der Waals surface area contributed by atoms with E-state index in [1.54, 1.807) is 48.5 Å². The van der Waals surface area contributed by atoms with Crippen molar-refractivity contribution in [3.05, 3.63) is 95.0 Å². The van der Waals surface area contributed by atoms with E-state index < -0.39 is 0 Å². The molecule has 0 unspecified atom stereocenters. The lowest BCUT2D eigenvalue weighted by Crippen LogP contribution is -2.12. The number of hydrogen-bond donors (Lipinski definition) is 2. The van der Waals surface area contributed by atoms with Crippen LogP contribution in [0.4, 0.5) is 11.4 Å². The highest BCUT2D eigenvalue weighted by Gasteiger charge is 2.09. The zero-order chi connectivity index (χ0) is 21.3. The number of nitrogens with one attached hydrogen (secondary N) is 2. The maximum Gasteiger partial charge on any atom is 0.255 e. The van der Waals surface area contributed by atoms with Gasteiger partial charge in [0.2, 0.25) is 5.91 Å². The zero-order valence-electron chi connectivity index (χ0n) is 16.4. The van der Waals surface area contributed by atoms with E-state index in [0.29, 0.717) is 28.6 Å². The van der Waals surface area contributed by atoms with Gasteiger partial charge in [-0.2, -0.15) is 0 Å². The molecule has 0 radical (unpaired) electrons. The van der Waals surface area contributed by atoms with Crippen LogP contribution in [0.15, 0.2) is 78.9 Å². The van der Waals surface area contributed by atoms with Crippen LogP contribution in [0.25, 0.3) is 6.08 Å². The summed E-state index contributed by atoms with van der Waals surface area (Å²) in [6, 6.07) is 21.2. The van der Waals surface area contributed by atoms with E-state index in [4.69, 9.17) is 16.3 Å². The second-order valence-electron chi connectivity index (χ2n) is 6.34. The second-order valence-corrected chi connectivity index (χ2v) is 6.75. The lowest BCUT2D eigenvalue weighted by molar-refractivity contribution is -0.111. The fraction of sp³-hybridized carbons (Fsp3) is 0.0833. The molecule has 0 heterocycles. The maximum absolute atomic E-state index is 12.2. The Morgan fingerprint density at radius 3 is 2.37 bits per heavy atom. The first-order valence-corrected chi connectivity index (χ1v) is 9.81. The molecule has 0 aliphatic heterocycles. The number of ether oxygens (including phenoxy) is 1. The van der Waals surface area contributed by atoms with E-state index in [2.05, 4.69) is 10.6 Å². The number of rotatable bonds is 7. The van der Waals surface area contributed by atoms with E-state index in [9.17, 15) is 9.59 Å². The van der Waals surface area contributed by atoms with Gasteiger partial charge in [0.25, 0.3) is 5.91 Å². The predicted octanol–water partition coefficient (Wildman–Crippen LogP) is 5.64. The summed E-state index contributed by atoms with van der Waals surface area (Å²) in [5.41, 5.74) is 2.41. The summed E-state index contributed by atoms with van der Waals surface area (Å²) in [6.07, 6.45) is 3.15. The molecule has 3 aromatic rings. The van der Waals surface area contributed by atoms with Crippen LogP contribution in [0.3, 0.4) is 0 Å². The van der Waals surface area contributed by atoms with Crippen LogP contribution in [0, 0.1) is 0 Å². The first-order valence-electron chi connectivity index (χ1n) is 9.43. The Morgan fingerprint density at radius 2 is 1.70 bits per heavy atom. The highest BCUT2D eigenvalue weighted by molar-refractivity contribution is 6.34. The number of halogens is 1. The minimum absolute atomic E-state index is 0.257. The average Bonchev–Trinajstić information content (AvgIpc) is 2.76. The summed E-state index contributed by atoms with van der Waals surface area (Å²) in [4.78, 5) is 24.4. The first-order chi connectivity index (χ1) is 14.5. The van der Waals surface area contributed by atoms with E-state index in [0.717, 1.165) is 11.3 Å². The molecule has 0 fully saturated rings.